The van der Waals surface area contributed by atoms with Crippen LogP contribution >= 0.6 is 11.6 Å². The molecule has 3 heterocycles. The van der Waals surface area contributed by atoms with Crippen LogP contribution in [-0.4, -0.2) is 101 Å². The summed E-state index contributed by atoms with van der Waals surface area (Å²) >= 11 is 6.59. The summed E-state index contributed by atoms with van der Waals surface area (Å²) in [7, 11) is -8.82. The zero-order valence-corrected chi connectivity index (χ0v) is 43.2. The van der Waals surface area contributed by atoms with E-state index in [0.29, 0.717) is 24.5 Å². The zero-order valence-electron chi connectivity index (χ0n) is 40.9. The summed E-state index contributed by atoms with van der Waals surface area (Å²) in [5.41, 5.74) is -6.02. The molecule has 5 aromatic rings. The van der Waals surface area contributed by atoms with E-state index in [1.54, 1.807) is 0 Å². The molecule has 3 atom stereocenters. The van der Waals surface area contributed by atoms with Gasteiger partial charge in [-0.1, -0.05) is 37.6 Å². The lowest BCUT2D eigenvalue weighted by Gasteiger charge is -2.25. The summed E-state index contributed by atoms with van der Waals surface area (Å²) in [6.07, 6.45) is -11.5. The average molecular weight is 1160 g/mol. The number of rotatable bonds is 18. The topological polar surface area (TPSA) is 239 Å². The summed E-state index contributed by atoms with van der Waals surface area (Å²) in [6, 6.07) is 4.71. The zero-order chi connectivity index (χ0) is 57.7. The van der Waals surface area contributed by atoms with E-state index in [0.717, 1.165) is 44.4 Å². The van der Waals surface area contributed by atoms with Crippen molar-refractivity contribution in [1.29, 1.82) is 0 Å². The Morgan fingerprint density at radius 2 is 1.53 bits per heavy atom. The number of anilines is 1. The smallest absolute Gasteiger partial charge is 0.435 e. The number of fused-ring (bicyclic) bond motifs is 2. The van der Waals surface area contributed by atoms with Gasteiger partial charge in [0.25, 0.3) is 5.92 Å². The molecule has 0 radical (unpaired) electrons. The lowest BCUT2D eigenvalue weighted by molar-refractivity contribution is -0.146. The Bertz CT molecular complexity index is 3420. The lowest BCUT2D eigenvalue weighted by Crippen LogP contribution is -2.37. The van der Waals surface area contributed by atoms with Crippen LogP contribution < -0.4 is 9.62 Å². The van der Waals surface area contributed by atoms with Gasteiger partial charge in [-0.15, -0.1) is 0 Å². The minimum absolute atomic E-state index is 0.00711. The number of aromatic nitrogens is 5. The van der Waals surface area contributed by atoms with Crippen LogP contribution in [0, 0.1) is 17.6 Å². The molecule has 0 fully saturated rings. The number of hydrogen-bond acceptors (Lipinski definition) is 13. The third-order valence-electron chi connectivity index (χ3n) is 12.5. The molecule has 0 unspecified atom stereocenters. The van der Waals surface area contributed by atoms with Crippen molar-refractivity contribution in [2.45, 2.75) is 95.0 Å². The van der Waals surface area contributed by atoms with Crippen molar-refractivity contribution in [3.63, 3.8) is 0 Å². The number of sulfone groups is 1. The molecule has 2 N–H and O–H groups in total. The number of aliphatic carboxylic acids is 1. The number of pyridine rings is 1. The summed E-state index contributed by atoms with van der Waals surface area (Å²) in [5, 5.41) is 17.0. The molecule has 6 rings (SSSR count). The van der Waals surface area contributed by atoms with Crippen molar-refractivity contribution >= 4 is 72.1 Å². The molecule has 0 saturated heterocycles. The van der Waals surface area contributed by atoms with Crippen molar-refractivity contribution in [1.82, 2.24) is 29.9 Å². The van der Waals surface area contributed by atoms with Gasteiger partial charge >= 0.3 is 30.4 Å². The Labute approximate surface area is 435 Å². The number of benzene rings is 2. The van der Waals surface area contributed by atoms with Crippen molar-refractivity contribution in [2.24, 2.45) is 5.92 Å². The van der Waals surface area contributed by atoms with E-state index in [1.807, 2.05) is 0 Å². The minimum Gasteiger partial charge on any atom is -0.478 e. The first-order valence-corrected chi connectivity index (χ1v) is 26.4. The molecular weight excluding hydrogens is 1120 g/mol. The highest BCUT2D eigenvalue weighted by atomic mass is 35.5. The van der Waals surface area contributed by atoms with Gasteiger partial charge in [0.1, 0.15) is 30.4 Å². The van der Waals surface area contributed by atoms with E-state index in [2.05, 4.69) is 25.2 Å². The van der Waals surface area contributed by atoms with Crippen LogP contribution in [0.3, 0.4) is 0 Å². The molecule has 1 aliphatic rings. The highest BCUT2D eigenvalue weighted by Gasteiger charge is 2.57. The maximum absolute atomic E-state index is 15.8. The Kier molecular flexibility index (Phi) is 16.6. The van der Waals surface area contributed by atoms with Gasteiger partial charge in [0, 0.05) is 52.8 Å². The molecule has 31 heteroatoms. The van der Waals surface area contributed by atoms with Crippen LogP contribution in [0.4, 0.5) is 54.5 Å². The standard InChI is InChI=1S/C46H44ClF10N7O11S2/c1-22-23(2)45(53,54)40-35(22)39(46(55,56)57)60-62(40)19-32(65)59-31(17-24-15-25(48)18-26(49)16-24)37-28(8-7-27(58-37)13-14-43(3,4)76(5,70)71)29-9-10-30(47)36-38(29)63(20-44(50,51)52)61-41(36)64(77(6,72)73)42(69)75-21-74-34(68)12-11-33(66)67/h7-12,15-16,18,22-23,31H,13-14,17,19-21H2,1-6H3,(H,59,65)(H,66,67)/b12-11+/t22-,23+,31-/m0/s1. The van der Waals surface area contributed by atoms with Gasteiger partial charge in [0.15, 0.2) is 21.3 Å². The molecule has 3 aromatic heterocycles. The number of sulfonamides is 1. The van der Waals surface area contributed by atoms with Gasteiger partial charge in [-0.2, -0.15) is 49.6 Å². The largest absolute Gasteiger partial charge is 0.478 e. The van der Waals surface area contributed by atoms with E-state index < -0.39 is 173 Å². The second-order valence-electron chi connectivity index (χ2n) is 18.4. The number of halogens is 11. The number of carbonyl (C=O) groups excluding carboxylic acids is 3. The number of amides is 2. The van der Waals surface area contributed by atoms with Crippen LogP contribution in [0.5, 0.6) is 0 Å². The Morgan fingerprint density at radius 1 is 0.909 bits per heavy atom. The number of carboxylic acid groups (broad SMARTS) is 1. The predicted octanol–water partition coefficient (Wildman–Crippen LogP) is 8.55. The van der Waals surface area contributed by atoms with Crippen molar-refractivity contribution in [2.75, 3.05) is 23.6 Å². The molecule has 0 bridgehead atoms. The molecule has 18 nitrogen and oxygen atoms in total. The van der Waals surface area contributed by atoms with Crippen molar-refractivity contribution in [3.05, 3.63) is 105 Å². The van der Waals surface area contributed by atoms with Gasteiger partial charge in [0.05, 0.1) is 38.7 Å². The van der Waals surface area contributed by atoms with Gasteiger partial charge in [-0.3, -0.25) is 19.1 Å². The fourth-order valence-corrected chi connectivity index (χ4v) is 9.83. The van der Waals surface area contributed by atoms with Crippen molar-refractivity contribution in [3.8, 4) is 11.1 Å². The second kappa shape index (κ2) is 21.5. The number of nitrogens with one attached hydrogen (secondary N) is 1. The molecule has 1 aliphatic carbocycles. The molecule has 418 valence electrons. The van der Waals surface area contributed by atoms with Gasteiger partial charge < -0.3 is 19.9 Å². The number of carboxylic acids is 1. The molecule has 0 spiro atoms. The first-order chi connectivity index (χ1) is 35.3. The fourth-order valence-electron chi connectivity index (χ4n) is 8.35. The third-order valence-corrected chi connectivity index (χ3v) is 16.0. The van der Waals surface area contributed by atoms with E-state index in [1.165, 1.54) is 26.0 Å². The summed E-state index contributed by atoms with van der Waals surface area (Å²) < 4.78 is 208. The summed E-state index contributed by atoms with van der Waals surface area (Å²) in [6.45, 7) is 0.0435. The van der Waals surface area contributed by atoms with E-state index >= 15 is 8.78 Å². The Balaban J connectivity index is 1.60. The third kappa shape index (κ3) is 13.1. The molecule has 77 heavy (non-hydrogen) atoms. The number of nitrogens with zero attached hydrogens (tertiary/aromatic N) is 6. The molecule has 0 saturated carbocycles. The average Bonchev–Trinajstić information content (AvgIpc) is 3.89. The fraction of sp³-hybridized carbons (Fsp3) is 0.413. The maximum Gasteiger partial charge on any atom is 0.435 e. The quantitative estimate of drug-likeness (QED) is 0.0362. The van der Waals surface area contributed by atoms with E-state index in [-0.39, 0.29) is 43.3 Å². The van der Waals surface area contributed by atoms with Gasteiger partial charge in [0.2, 0.25) is 22.7 Å². The number of esters is 1. The minimum atomic E-state index is -5.28. The number of ether oxygens (including phenoxy) is 2. The van der Waals surface area contributed by atoms with Gasteiger partial charge in [-0.25, -0.2) is 40.0 Å². The SMILES string of the molecule is C[C@@H]1c2c(C(F)(F)F)nn(CC(=O)N[C@@H](Cc3cc(F)cc(F)c3)c3nc(CCC(C)(C)S(C)(=O)=O)ccc3-c3ccc(Cl)c4c(N(C(=O)OCOC(=O)/C=C/C(=O)O)S(C)(=O)=O)nn(CC(F)(F)F)c34)c2C(F)(F)[C@@H]1C. The van der Waals surface area contributed by atoms with Crippen LogP contribution in [0.25, 0.3) is 22.0 Å². The van der Waals surface area contributed by atoms with Crippen LogP contribution in [0.15, 0.2) is 54.6 Å². The summed E-state index contributed by atoms with van der Waals surface area (Å²) in [5.74, 6) is -15.0. The van der Waals surface area contributed by atoms with Crippen LogP contribution in [0.2, 0.25) is 5.02 Å². The Morgan fingerprint density at radius 3 is 2.10 bits per heavy atom. The highest BCUT2D eigenvalue weighted by molar-refractivity contribution is 7.92. The molecule has 2 aromatic carbocycles. The highest BCUT2D eigenvalue weighted by Crippen LogP contribution is 2.55. The normalized spacial score (nSPS) is 16.4. The molecular formula is C46H44ClF10N7O11S2. The predicted molar refractivity (Wildman–Crippen MR) is 252 cm³/mol. The van der Waals surface area contributed by atoms with E-state index in [4.69, 9.17) is 21.4 Å². The molecule has 2 amide bonds. The van der Waals surface area contributed by atoms with Crippen LogP contribution in [-0.2, 0) is 81.7 Å². The van der Waals surface area contributed by atoms with Gasteiger partial charge in [-0.05, 0) is 68.9 Å². The Hall–Kier alpha value is -6.82. The van der Waals surface area contributed by atoms with E-state index in [9.17, 15) is 71.1 Å². The summed E-state index contributed by atoms with van der Waals surface area (Å²) in [4.78, 5) is 55.1. The number of carbonyl (C=O) groups is 4. The lowest BCUT2D eigenvalue weighted by atomic mass is 9.93. The first kappa shape index (κ1) is 59.4. The van der Waals surface area contributed by atoms with Crippen LogP contribution in [0.1, 0.15) is 80.0 Å². The number of alkyl halides is 8. The second-order valence-corrected chi connectivity index (χ2v) is 23.3. The monoisotopic (exact) mass is 1160 g/mol. The number of aryl methyl sites for hydroxylation is 1. The number of hydrogen-bond donors (Lipinski definition) is 2. The first-order valence-electron chi connectivity index (χ1n) is 22.3. The molecule has 0 aliphatic heterocycles. The van der Waals surface area contributed by atoms with Crippen molar-refractivity contribution < 1.29 is 94.5 Å². The maximum atomic E-state index is 15.8.